The topological polar surface area (TPSA) is 138 Å². The predicted octanol–water partition coefficient (Wildman–Crippen LogP) is 3.69. The Morgan fingerprint density at radius 2 is 1.82 bits per heavy atom. The van der Waals surface area contributed by atoms with Crippen LogP contribution in [0.4, 0.5) is 0 Å². The number of aliphatic hydroxyl groups is 2. The maximum Gasteiger partial charge on any atom is 0.344 e. The van der Waals surface area contributed by atoms with E-state index in [1.165, 1.54) is 26.7 Å². The Hall–Kier alpha value is -3.66. The lowest BCUT2D eigenvalue weighted by molar-refractivity contribution is -0.243. The van der Waals surface area contributed by atoms with Crippen molar-refractivity contribution >= 4 is 48.0 Å². The number of hydrogen-bond donors (Lipinski definition) is 2. The van der Waals surface area contributed by atoms with Crippen LogP contribution < -0.4 is 5.46 Å². The molecule has 2 aliphatic carbocycles. The molecule has 2 N–H and O–H groups in total. The second-order valence-electron chi connectivity index (χ2n) is 18.7. The van der Waals surface area contributed by atoms with Crippen molar-refractivity contribution in [2.45, 2.75) is 87.7 Å². The minimum Gasteiger partial charge on any atom is -0.468 e. The summed E-state index contributed by atoms with van der Waals surface area (Å²) < 4.78 is 24.3. The lowest BCUT2D eigenvalue weighted by atomic mass is 9.46. The van der Waals surface area contributed by atoms with Crippen LogP contribution >= 0.6 is 11.8 Å². The van der Waals surface area contributed by atoms with Crippen molar-refractivity contribution < 1.29 is 43.5 Å². The van der Waals surface area contributed by atoms with Crippen LogP contribution in [0, 0.1) is 28.1 Å². The quantitative estimate of drug-likeness (QED) is 0.0837. The number of allylic oxidation sites excluding steroid dienone is 1. The molecule has 1 radical (unpaired) electrons. The Balaban J connectivity index is 1.30. The Morgan fingerprint density at radius 3 is 2.52 bits per heavy atom. The van der Waals surface area contributed by atoms with E-state index in [-0.39, 0.29) is 24.5 Å². The summed E-state index contributed by atoms with van der Waals surface area (Å²) in [7, 11) is 8.57. The fraction of sp³-hybridized carbons (Fsp3) is 0.604. The van der Waals surface area contributed by atoms with Crippen LogP contribution in [0.1, 0.15) is 58.4 Å². The van der Waals surface area contributed by atoms with E-state index in [4.69, 9.17) is 18.9 Å². The minimum absolute atomic E-state index is 0.0498. The summed E-state index contributed by atoms with van der Waals surface area (Å²) in [5.41, 5.74) is 2.09. The number of carbonyl (C=O) groups excluding carboxylic acids is 3. The minimum atomic E-state index is -2.27. The zero-order chi connectivity index (χ0) is 43.9. The number of thioether (sulfide) groups is 1. The smallest absolute Gasteiger partial charge is 0.344 e. The zero-order valence-corrected chi connectivity index (χ0v) is 38.0. The third-order valence-electron chi connectivity index (χ3n) is 15.9. The summed E-state index contributed by atoms with van der Waals surface area (Å²) in [4.78, 5) is 51.0. The average Bonchev–Trinajstić information content (AvgIpc) is 3.92. The summed E-state index contributed by atoms with van der Waals surface area (Å²) in [6, 6.07) is 5.39. The van der Waals surface area contributed by atoms with E-state index in [0.717, 1.165) is 63.5 Å². The normalized spacial score (nSPS) is 37.6. The molecular formula is C48H61BN3O9S. The lowest BCUT2D eigenvalue weighted by Gasteiger charge is -2.63. The predicted molar refractivity (Wildman–Crippen MR) is 237 cm³/mol. The Bertz CT molecular complexity index is 2210. The van der Waals surface area contributed by atoms with E-state index in [9.17, 15) is 19.8 Å². The monoisotopic (exact) mass is 866 g/mol. The number of likely N-dealkylation sites (tertiary alicyclic amines) is 1. The van der Waals surface area contributed by atoms with E-state index in [1.54, 1.807) is 18.9 Å². The summed E-state index contributed by atoms with van der Waals surface area (Å²) in [6.45, 7) is 9.39. The zero-order valence-electron chi connectivity index (χ0n) is 37.1. The molecule has 1 spiro atoms. The summed E-state index contributed by atoms with van der Waals surface area (Å²) in [5.74, 6) is -1.46. The molecule has 2 saturated heterocycles. The van der Waals surface area contributed by atoms with Crippen molar-refractivity contribution in [2.75, 3.05) is 73.5 Å². The van der Waals surface area contributed by atoms with Gasteiger partial charge in [-0.3, -0.25) is 19.4 Å². The number of carbonyl (C=O) groups is 3. The molecule has 331 valence electrons. The second kappa shape index (κ2) is 16.1. The van der Waals surface area contributed by atoms with Crippen molar-refractivity contribution in [3.8, 4) is 0 Å². The van der Waals surface area contributed by atoms with Gasteiger partial charge >= 0.3 is 17.9 Å². The van der Waals surface area contributed by atoms with Crippen LogP contribution in [0.5, 0.6) is 0 Å². The van der Waals surface area contributed by atoms with Gasteiger partial charge in [-0.2, -0.15) is 0 Å². The van der Waals surface area contributed by atoms with Gasteiger partial charge in [0.15, 0.2) is 13.4 Å². The first-order valence-electron chi connectivity index (χ1n) is 22.4. The fourth-order valence-corrected chi connectivity index (χ4v) is 14.7. The van der Waals surface area contributed by atoms with Crippen molar-refractivity contribution in [3.05, 3.63) is 76.5 Å². The van der Waals surface area contributed by atoms with Crippen LogP contribution in [-0.2, 0) is 33.3 Å². The van der Waals surface area contributed by atoms with Gasteiger partial charge in [0, 0.05) is 93.0 Å². The number of fused-ring (bicyclic) bond motifs is 5. The van der Waals surface area contributed by atoms with E-state index in [0.29, 0.717) is 45.3 Å². The molecule has 0 aromatic heterocycles. The molecule has 1 aromatic carbocycles. The standard InChI is InChI=1S/C48H61BN3O9S/c1-8-29-20-30-24-47(43(55)59-6,39-33(27-51(25-29)26-30)32-21-31(62-19-11-18-53)12-13-36(32)49-39)35-22-34-37(23-38(35)58-5)50(4)41-46(34)15-17-52-16-10-14-45(9-2,40(46)52)42(61-28(3)54)48(41,57)44(56)60-7/h10,12-14,20-23,30,35,38,40-42,53,57H,8-9,11,15-19,24-27H2,1-7H3/t30-,35?,38?,40+,41-,42-,45-,46-,47+,48+/m1/s1. The van der Waals surface area contributed by atoms with Gasteiger partial charge in [0.1, 0.15) is 0 Å². The summed E-state index contributed by atoms with van der Waals surface area (Å²) in [5, 5.41) is 22.9. The molecule has 0 amide bonds. The van der Waals surface area contributed by atoms with Crippen LogP contribution in [-0.4, -0.2) is 153 Å². The molecule has 1 saturated carbocycles. The number of ether oxygens (including phenoxy) is 4. The van der Waals surface area contributed by atoms with Gasteiger partial charge in [0.05, 0.1) is 31.8 Å². The SMILES string of the molecule is CCC1=C[C@H]2CN(C1)CC1=C([B]c3ccc(SCCCO)cc31)[C@@](C(=O)OC)(C1C=C3C(=CC1OC)N(C)[C@H]1[C@@](O)(C(=O)OC)[C@H](OC(C)=O)[C@]4(CC)C=CCN5CC[C@]31[C@@H]54)C2. The van der Waals surface area contributed by atoms with E-state index < -0.39 is 58.0 Å². The largest absolute Gasteiger partial charge is 0.468 e. The van der Waals surface area contributed by atoms with Gasteiger partial charge in [-0.15, -0.1) is 11.8 Å². The number of nitrogens with zero attached hydrogens (tertiary/aromatic N) is 3. The fourth-order valence-electron chi connectivity index (χ4n) is 13.8. The highest BCUT2D eigenvalue weighted by Crippen LogP contribution is 2.70. The highest BCUT2D eigenvalue weighted by atomic mass is 32.2. The number of methoxy groups -OCH3 is 3. The van der Waals surface area contributed by atoms with E-state index in [2.05, 4.69) is 72.6 Å². The molecule has 12 nitrogen and oxygen atoms in total. The van der Waals surface area contributed by atoms with Crippen molar-refractivity contribution in [1.82, 2.24) is 14.7 Å². The Kier molecular flexibility index (Phi) is 11.3. The van der Waals surface area contributed by atoms with Crippen LogP contribution in [0.25, 0.3) is 5.57 Å². The third-order valence-corrected chi connectivity index (χ3v) is 17.0. The van der Waals surface area contributed by atoms with Crippen molar-refractivity contribution in [1.29, 1.82) is 0 Å². The molecule has 3 fully saturated rings. The first-order chi connectivity index (χ1) is 29.8. The van der Waals surface area contributed by atoms with Crippen LogP contribution in [0.15, 0.2) is 75.8 Å². The number of hydrogen-bond acceptors (Lipinski definition) is 13. The molecule has 3 unspecified atom stereocenters. The van der Waals surface area contributed by atoms with Crippen molar-refractivity contribution in [3.63, 3.8) is 0 Å². The maximum atomic E-state index is 15.4. The van der Waals surface area contributed by atoms with E-state index in [1.807, 2.05) is 18.9 Å². The first kappa shape index (κ1) is 43.6. The molecular weight excluding hydrogens is 805 g/mol. The average molecular weight is 867 g/mol. The number of benzene rings is 1. The molecule has 8 aliphatic rings. The molecule has 62 heavy (non-hydrogen) atoms. The van der Waals surface area contributed by atoms with Crippen LogP contribution in [0.2, 0.25) is 0 Å². The number of likely N-dealkylation sites (N-methyl/N-ethyl adjacent to an activating group) is 1. The Morgan fingerprint density at radius 1 is 1.03 bits per heavy atom. The Labute approximate surface area is 370 Å². The summed E-state index contributed by atoms with van der Waals surface area (Å²) >= 11 is 1.73. The van der Waals surface area contributed by atoms with Gasteiger partial charge in [-0.25, -0.2) is 4.79 Å². The third kappa shape index (κ3) is 6.02. The van der Waals surface area contributed by atoms with Gasteiger partial charge in [-0.05, 0) is 79.5 Å². The van der Waals surface area contributed by atoms with E-state index >= 15 is 4.79 Å². The van der Waals surface area contributed by atoms with Gasteiger partial charge in [0.25, 0.3) is 0 Å². The lowest BCUT2D eigenvalue weighted by Crippen LogP contribution is -2.79. The van der Waals surface area contributed by atoms with Gasteiger partial charge in [0.2, 0.25) is 5.60 Å². The highest BCUT2D eigenvalue weighted by molar-refractivity contribution is 7.99. The van der Waals surface area contributed by atoms with Crippen molar-refractivity contribution in [2.24, 2.45) is 28.1 Å². The molecule has 11 atom stereocenters. The molecule has 9 rings (SSSR count). The maximum absolute atomic E-state index is 15.4. The van der Waals surface area contributed by atoms with Crippen LogP contribution in [0.3, 0.4) is 0 Å². The highest BCUT2D eigenvalue weighted by Gasteiger charge is 2.81. The number of esters is 3. The second-order valence-corrected chi connectivity index (χ2v) is 19.9. The molecule has 6 aliphatic heterocycles. The summed E-state index contributed by atoms with van der Waals surface area (Å²) in [6.07, 6.45) is 12.3. The molecule has 2 bridgehead atoms. The number of rotatable bonds is 11. The molecule has 6 heterocycles. The van der Waals surface area contributed by atoms with Gasteiger partial charge < -0.3 is 34.1 Å². The first-order valence-corrected chi connectivity index (χ1v) is 23.4. The molecule has 14 heteroatoms. The van der Waals surface area contributed by atoms with Gasteiger partial charge in [-0.1, -0.05) is 60.7 Å². The number of aliphatic hydroxyl groups excluding tert-OH is 1. The molecule has 1 aromatic rings.